The maximum absolute atomic E-state index is 12.0. The second-order valence-electron chi connectivity index (χ2n) is 5.01. The molecule has 1 aromatic carbocycles. The molecule has 3 rings (SSSR count). The van der Waals surface area contributed by atoms with E-state index in [1.807, 2.05) is 31.2 Å². The number of carbonyl (C=O) groups excluding carboxylic acids is 1. The predicted molar refractivity (Wildman–Crippen MR) is 74.3 cm³/mol. The Hall–Kier alpha value is -2.21. The van der Waals surface area contributed by atoms with Crippen LogP contribution in [0.15, 0.2) is 30.5 Å². The zero-order chi connectivity index (χ0) is 13.9. The molecule has 0 bridgehead atoms. The summed E-state index contributed by atoms with van der Waals surface area (Å²) in [6.07, 6.45) is 1.71. The summed E-state index contributed by atoms with van der Waals surface area (Å²) in [4.78, 5) is 12.0. The third-order valence-electron chi connectivity index (χ3n) is 3.58. The molecule has 2 N–H and O–H groups in total. The Balaban J connectivity index is 1.61. The van der Waals surface area contributed by atoms with E-state index >= 15 is 0 Å². The van der Waals surface area contributed by atoms with Gasteiger partial charge in [0.15, 0.2) is 5.69 Å². The summed E-state index contributed by atoms with van der Waals surface area (Å²) in [5.41, 5.74) is 2.64. The van der Waals surface area contributed by atoms with Crippen molar-refractivity contribution in [3.8, 4) is 0 Å². The highest BCUT2D eigenvalue weighted by molar-refractivity contribution is 5.91. The Bertz CT molecular complexity index is 618. The molecule has 104 valence electrons. The van der Waals surface area contributed by atoms with Crippen molar-refractivity contribution in [1.82, 2.24) is 25.6 Å². The van der Waals surface area contributed by atoms with Gasteiger partial charge in [0.05, 0.1) is 12.2 Å². The van der Waals surface area contributed by atoms with Gasteiger partial charge in [-0.05, 0) is 18.1 Å². The van der Waals surface area contributed by atoms with E-state index in [1.165, 1.54) is 0 Å². The van der Waals surface area contributed by atoms with Crippen molar-refractivity contribution in [2.45, 2.75) is 19.5 Å². The number of aromatic nitrogens is 3. The van der Waals surface area contributed by atoms with Crippen molar-refractivity contribution >= 4 is 5.91 Å². The lowest BCUT2D eigenvalue weighted by Gasteiger charge is -2.26. The van der Waals surface area contributed by atoms with Crippen LogP contribution in [0, 0.1) is 6.92 Å². The molecule has 1 amide bonds. The number of benzene rings is 1. The second-order valence-corrected chi connectivity index (χ2v) is 5.01. The van der Waals surface area contributed by atoms with Crippen LogP contribution < -0.4 is 10.6 Å². The zero-order valence-electron chi connectivity index (χ0n) is 11.3. The fourth-order valence-electron chi connectivity index (χ4n) is 2.09. The molecule has 2 aromatic rings. The molecule has 1 aliphatic rings. The molecule has 2 heterocycles. The van der Waals surface area contributed by atoms with Gasteiger partial charge in [0, 0.05) is 19.6 Å². The van der Waals surface area contributed by atoms with Gasteiger partial charge in [-0.3, -0.25) is 4.79 Å². The monoisotopic (exact) mass is 271 g/mol. The average molecular weight is 271 g/mol. The lowest BCUT2D eigenvalue weighted by molar-refractivity contribution is 0.0945. The number of carbonyl (C=O) groups is 1. The van der Waals surface area contributed by atoms with Crippen LogP contribution in [-0.2, 0) is 6.54 Å². The number of amides is 1. The fourth-order valence-corrected chi connectivity index (χ4v) is 2.09. The molecule has 1 saturated heterocycles. The molecule has 6 nitrogen and oxygen atoms in total. The first-order chi connectivity index (χ1) is 9.74. The molecule has 20 heavy (non-hydrogen) atoms. The van der Waals surface area contributed by atoms with Crippen LogP contribution in [0.5, 0.6) is 0 Å². The molecule has 6 heteroatoms. The molecule has 1 fully saturated rings. The van der Waals surface area contributed by atoms with Gasteiger partial charge in [-0.2, -0.15) is 0 Å². The van der Waals surface area contributed by atoms with Gasteiger partial charge in [-0.1, -0.05) is 29.5 Å². The highest BCUT2D eigenvalue weighted by Crippen LogP contribution is 2.10. The van der Waals surface area contributed by atoms with Crippen LogP contribution in [0.3, 0.4) is 0 Å². The Kier molecular flexibility index (Phi) is 3.47. The van der Waals surface area contributed by atoms with Gasteiger partial charge in [0.2, 0.25) is 0 Å². The number of hydrogen-bond donors (Lipinski definition) is 2. The summed E-state index contributed by atoms with van der Waals surface area (Å²) in [7, 11) is 0. The van der Waals surface area contributed by atoms with Crippen LogP contribution >= 0.6 is 0 Å². The Labute approximate surface area is 117 Å². The SMILES string of the molecule is Cc1ccccc1CNC(=O)c1cn(C2CNC2)nn1. The van der Waals surface area contributed by atoms with Crippen molar-refractivity contribution in [3.63, 3.8) is 0 Å². The molecule has 1 aromatic heterocycles. The topological polar surface area (TPSA) is 71.8 Å². The number of aryl methyl sites for hydroxylation is 1. The summed E-state index contributed by atoms with van der Waals surface area (Å²) in [5, 5.41) is 14.0. The third kappa shape index (κ3) is 2.55. The number of rotatable bonds is 4. The minimum absolute atomic E-state index is 0.188. The summed E-state index contributed by atoms with van der Waals surface area (Å²) in [6, 6.07) is 8.31. The molecular formula is C14H17N5O. The molecule has 0 unspecified atom stereocenters. The van der Waals surface area contributed by atoms with Crippen LogP contribution in [0.25, 0.3) is 0 Å². The molecule has 0 spiro atoms. The smallest absolute Gasteiger partial charge is 0.273 e. The average Bonchev–Trinajstić information content (AvgIpc) is 2.85. The lowest BCUT2D eigenvalue weighted by atomic mass is 10.1. The maximum atomic E-state index is 12.0. The molecule has 0 aliphatic carbocycles. The third-order valence-corrected chi connectivity index (χ3v) is 3.58. The lowest BCUT2D eigenvalue weighted by Crippen LogP contribution is -2.43. The van der Waals surface area contributed by atoms with Crippen molar-refractivity contribution < 1.29 is 4.79 Å². The van der Waals surface area contributed by atoms with Gasteiger partial charge in [0.25, 0.3) is 5.91 Å². The molecule has 1 aliphatic heterocycles. The Morgan fingerprint density at radius 3 is 2.95 bits per heavy atom. The minimum atomic E-state index is -0.188. The molecule has 0 radical (unpaired) electrons. The van der Waals surface area contributed by atoms with E-state index in [1.54, 1.807) is 10.9 Å². The Morgan fingerprint density at radius 1 is 1.45 bits per heavy atom. The van der Waals surface area contributed by atoms with Gasteiger partial charge >= 0.3 is 0 Å². The number of hydrogen-bond acceptors (Lipinski definition) is 4. The van der Waals surface area contributed by atoms with Crippen molar-refractivity contribution in [3.05, 3.63) is 47.3 Å². The highest BCUT2D eigenvalue weighted by Gasteiger charge is 2.21. The van der Waals surface area contributed by atoms with Crippen LogP contribution in [0.1, 0.15) is 27.7 Å². The van der Waals surface area contributed by atoms with E-state index in [2.05, 4.69) is 20.9 Å². The molecule has 0 atom stereocenters. The first kappa shape index (κ1) is 12.8. The summed E-state index contributed by atoms with van der Waals surface area (Å²) in [5.74, 6) is -0.188. The highest BCUT2D eigenvalue weighted by atomic mass is 16.2. The standard InChI is InChI=1S/C14H17N5O/c1-10-4-2-3-5-11(10)6-16-14(20)13-9-19(18-17-13)12-7-15-8-12/h2-5,9,12,15H,6-8H2,1H3,(H,16,20). The quantitative estimate of drug-likeness (QED) is 0.857. The van der Waals surface area contributed by atoms with Gasteiger partial charge < -0.3 is 10.6 Å². The molecule has 0 saturated carbocycles. The van der Waals surface area contributed by atoms with E-state index in [-0.39, 0.29) is 5.91 Å². The maximum Gasteiger partial charge on any atom is 0.273 e. The number of nitrogens with one attached hydrogen (secondary N) is 2. The van der Waals surface area contributed by atoms with Gasteiger partial charge in [-0.15, -0.1) is 5.10 Å². The first-order valence-electron chi connectivity index (χ1n) is 6.69. The fraction of sp³-hybridized carbons (Fsp3) is 0.357. The zero-order valence-corrected chi connectivity index (χ0v) is 11.3. The van der Waals surface area contributed by atoms with Crippen LogP contribution in [0.2, 0.25) is 0 Å². The van der Waals surface area contributed by atoms with Crippen molar-refractivity contribution in [1.29, 1.82) is 0 Å². The van der Waals surface area contributed by atoms with Crippen molar-refractivity contribution in [2.24, 2.45) is 0 Å². The normalized spacial score (nSPS) is 14.8. The molecular weight excluding hydrogens is 254 g/mol. The summed E-state index contributed by atoms with van der Waals surface area (Å²) >= 11 is 0. The minimum Gasteiger partial charge on any atom is -0.347 e. The van der Waals surface area contributed by atoms with Crippen LogP contribution in [0.4, 0.5) is 0 Å². The second kappa shape index (κ2) is 5.42. The summed E-state index contributed by atoms with van der Waals surface area (Å²) in [6.45, 7) is 4.30. The van der Waals surface area contributed by atoms with E-state index in [0.717, 1.165) is 24.2 Å². The van der Waals surface area contributed by atoms with Crippen molar-refractivity contribution in [2.75, 3.05) is 13.1 Å². The van der Waals surface area contributed by atoms with E-state index in [4.69, 9.17) is 0 Å². The Morgan fingerprint density at radius 2 is 2.25 bits per heavy atom. The van der Waals surface area contributed by atoms with Gasteiger partial charge in [0.1, 0.15) is 0 Å². The van der Waals surface area contributed by atoms with E-state index in [9.17, 15) is 4.79 Å². The van der Waals surface area contributed by atoms with E-state index in [0.29, 0.717) is 18.3 Å². The largest absolute Gasteiger partial charge is 0.347 e. The first-order valence-corrected chi connectivity index (χ1v) is 6.69. The predicted octanol–water partition coefficient (Wildman–Crippen LogP) is 0.661. The van der Waals surface area contributed by atoms with Gasteiger partial charge in [-0.25, -0.2) is 4.68 Å². The summed E-state index contributed by atoms with van der Waals surface area (Å²) < 4.78 is 1.75. The number of nitrogens with zero attached hydrogens (tertiary/aromatic N) is 3. The van der Waals surface area contributed by atoms with Crippen LogP contribution in [-0.4, -0.2) is 34.0 Å². The van der Waals surface area contributed by atoms with E-state index < -0.39 is 0 Å².